The number of pyridine rings is 1. The van der Waals surface area contributed by atoms with Crippen molar-refractivity contribution in [2.24, 2.45) is 5.73 Å². The molecule has 1 atom stereocenters. The zero-order valence-electron chi connectivity index (χ0n) is 10.9. The van der Waals surface area contributed by atoms with Crippen molar-refractivity contribution in [2.75, 3.05) is 0 Å². The molecule has 3 heterocycles. The average Bonchev–Trinajstić information content (AvgIpc) is 2.99. The van der Waals surface area contributed by atoms with Crippen molar-refractivity contribution in [3.63, 3.8) is 0 Å². The van der Waals surface area contributed by atoms with Crippen LogP contribution in [0.5, 0.6) is 0 Å². The lowest BCUT2D eigenvalue weighted by Gasteiger charge is -2.02. The lowest BCUT2D eigenvalue weighted by atomic mass is 10.1. The summed E-state index contributed by atoms with van der Waals surface area (Å²) >= 11 is 1.78. The third-order valence-electron chi connectivity index (χ3n) is 3.16. The van der Waals surface area contributed by atoms with Gasteiger partial charge >= 0.3 is 0 Å². The molecule has 2 N–H and O–H groups in total. The molecule has 0 saturated heterocycles. The highest BCUT2D eigenvalue weighted by Crippen LogP contribution is 2.22. The molecule has 0 radical (unpaired) electrons. The van der Waals surface area contributed by atoms with Gasteiger partial charge in [0.05, 0.1) is 6.54 Å². The van der Waals surface area contributed by atoms with Crippen LogP contribution in [0, 0.1) is 0 Å². The van der Waals surface area contributed by atoms with Crippen molar-refractivity contribution in [2.45, 2.75) is 25.9 Å². The van der Waals surface area contributed by atoms with E-state index in [1.165, 1.54) is 15.8 Å². The monoisotopic (exact) mass is 271 g/mol. The number of fused-ring (bicyclic) bond motifs is 1. The van der Waals surface area contributed by atoms with Gasteiger partial charge in [0.1, 0.15) is 5.65 Å². The Morgan fingerprint density at radius 1 is 1.37 bits per heavy atom. The Hall–Kier alpha value is -1.65. The lowest BCUT2D eigenvalue weighted by molar-refractivity contribution is 0.735. The maximum atomic E-state index is 5.93. The number of thiophene rings is 1. The Morgan fingerprint density at radius 3 is 3.00 bits per heavy atom. The summed E-state index contributed by atoms with van der Waals surface area (Å²) in [6, 6.07) is 8.53. The largest absolute Gasteiger partial charge is 0.328 e. The van der Waals surface area contributed by atoms with Gasteiger partial charge in [-0.2, -0.15) is 0 Å². The van der Waals surface area contributed by atoms with Crippen LogP contribution in [0.25, 0.3) is 11.0 Å². The minimum atomic E-state index is 0.168. The first-order chi connectivity index (χ1) is 9.24. The van der Waals surface area contributed by atoms with Crippen LogP contribution in [-0.4, -0.2) is 15.6 Å². The van der Waals surface area contributed by atoms with Gasteiger partial charge < -0.3 is 10.3 Å². The van der Waals surface area contributed by atoms with Crippen molar-refractivity contribution >= 4 is 22.4 Å². The molecule has 3 rings (SSSR count). The maximum Gasteiger partial charge on any atom is 0.140 e. The molecule has 0 fully saturated rings. The van der Waals surface area contributed by atoms with E-state index in [4.69, 9.17) is 5.73 Å². The van der Waals surface area contributed by atoms with E-state index in [2.05, 4.69) is 39.3 Å². The number of rotatable bonds is 4. The standard InChI is InChI=1S/C15H17N3S/c1-11(16)8-12-9-18(10-13-4-3-7-19-13)15-14(12)5-2-6-17-15/h2-7,9,11H,8,10,16H2,1H3. The lowest BCUT2D eigenvalue weighted by Crippen LogP contribution is -2.17. The first kappa shape index (κ1) is 12.4. The Bertz CT molecular complexity index is 668. The SMILES string of the molecule is CC(N)Cc1cn(Cc2cccs2)c2ncccc12. The van der Waals surface area contributed by atoms with Crippen molar-refractivity contribution in [1.29, 1.82) is 0 Å². The average molecular weight is 271 g/mol. The van der Waals surface area contributed by atoms with E-state index in [-0.39, 0.29) is 6.04 Å². The Balaban J connectivity index is 2.04. The van der Waals surface area contributed by atoms with Crippen LogP contribution in [0.3, 0.4) is 0 Å². The third kappa shape index (κ3) is 2.55. The normalized spacial score (nSPS) is 12.9. The van der Waals surface area contributed by atoms with Gasteiger partial charge in [0.25, 0.3) is 0 Å². The molecule has 0 aliphatic carbocycles. The smallest absolute Gasteiger partial charge is 0.140 e. The molecule has 1 unspecified atom stereocenters. The summed E-state index contributed by atoms with van der Waals surface area (Å²) in [5, 5.41) is 3.33. The molecule has 0 bridgehead atoms. The van der Waals surface area contributed by atoms with Crippen LogP contribution in [0.2, 0.25) is 0 Å². The summed E-state index contributed by atoms with van der Waals surface area (Å²) in [6.07, 6.45) is 4.93. The summed E-state index contributed by atoms with van der Waals surface area (Å²) < 4.78 is 2.22. The summed E-state index contributed by atoms with van der Waals surface area (Å²) in [7, 11) is 0. The predicted molar refractivity (Wildman–Crippen MR) is 80.5 cm³/mol. The van der Waals surface area contributed by atoms with Crippen molar-refractivity contribution in [1.82, 2.24) is 9.55 Å². The van der Waals surface area contributed by atoms with Crippen LogP contribution >= 0.6 is 11.3 Å². The molecule has 3 aromatic heterocycles. The highest BCUT2D eigenvalue weighted by Gasteiger charge is 2.11. The second kappa shape index (κ2) is 5.15. The van der Waals surface area contributed by atoms with Gasteiger partial charge in [-0.05, 0) is 42.5 Å². The van der Waals surface area contributed by atoms with Crippen LogP contribution in [-0.2, 0) is 13.0 Å². The number of nitrogens with zero attached hydrogens (tertiary/aromatic N) is 2. The van der Waals surface area contributed by atoms with Crippen molar-refractivity contribution in [3.05, 3.63) is 52.5 Å². The minimum absolute atomic E-state index is 0.168. The summed E-state index contributed by atoms with van der Waals surface area (Å²) in [5.74, 6) is 0. The first-order valence-corrected chi connectivity index (χ1v) is 7.32. The van der Waals surface area contributed by atoms with Gasteiger partial charge in [-0.15, -0.1) is 11.3 Å². The molecule has 0 amide bonds. The molecule has 3 aromatic rings. The molecule has 0 saturated carbocycles. The van der Waals surface area contributed by atoms with Crippen LogP contribution < -0.4 is 5.73 Å². The maximum absolute atomic E-state index is 5.93. The molecule has 3 nitrogen and oxygen atoms in total. The summed E-state index contributed by atoms with van der Waals surface area (Å²) in [4.78, 5) is 5.86. The number of nitrogens with two attached hydrogens (primary N) is 1. The number of hydrogen-bond acceptors (Lipinski definition) is 3. The van der Waals surface area contributed by atoms with E-state index < -0.39 is 0 Å². The van der Waals surface area contributed by atoms with Gasteiger partial charge in [0, 0.05) is 28.7 Å². The van der Waals surface area contributed by atoms with Gasteiger partial charge in [0.15, 0.2) is 0 Å². The van der Waals surface area contributed by atoms with Gasteiger partial charge in [-0.3, -0.25) is 0 Å². The fourth-order valence-corrected chi connectivity index (χ4v) is 3.10. The fraction of sp³-hybridized carbons (Fsp3) is 0.267. The number of hydrogen-bond donors (Lipinski definition) is 1. The van der Waals surface area contributed by atoms with E-state index in [0.717, 1.165) is 18.6 Å². The molecule has 0 aromatic carbocycles. The highest BCUT2D eigenvalue weighted by molar-refractivity contribution is 7.09. The molecule has 98 valence electrons. The van der Waals surface area contributed by atoms with Crippen LogP contribution in [0.4, 0.5) is 0 Å². The predicted octanol–water partition coefficient (Wildman–Crippen LogP) is 3.04. The van der Waals surface area contributed by atoms with E-state index in [9.17, 15) is 0 Å². The Labute approximate surface area is 116 Å². The van der Waals surface area contributed by atoms with E-state index >= 15 is 0 Å². The fourth-order valence-electron chi connectivity index (χ4n) is 2.40. The van der Waals surface area contributed by atoms with Crippen LogP contribution in [0.15, 0.2) is 42.0 Å². The molecule has 0 aliphatic heterocycles. The van der Waals surface area contributed by atoms with Crippen LogP contribution in [0.1, 0.15) is 17.4 Å². The van der Waals surface area contributed by atoms with Gasteiger partial charge in [-0.25, -0.2) is 4.98 Å². The second-order valence-electron chi connectivity index (χ2n) is 4.92. The first-order valence-electron chi connectivity index (χ1n) is 6.45. The second-order valence-corrected chi connectivity index (χ2v) is 5.95. The minimum Gasteiger partial charge on any atom is -0.328 e. The van der Waals surface area contributed by atoms with Crippen molar-refractivity contribution in [3.8, 4) is 0 Å². The van der Waals surface area contributed by atoms with E-state index in [1.807, 2.05) is 19.2 Å². The molecule has 0 spiro atoms. The molecular weight excluding hydrogens is 254 g/mol. The molecule has 4 heteroatoms. The summed E-state index contributed by atoms with van der Waals surface area (Å²) in [5.41, 5.74) is 8.27. The molecule has 0 aliphatic rings. The number of aromatic nitrogens is 2. The molecule has 19 heavy (non-hydrogen) atoms. The van der Waals surface area contributed by atoms with Crippen molar-refractivity contribution < 1.29 is 0 Å². The van der Waals surface area contributed by atoms with Gasteiger partial charge in [0.2, 0.25) is 0 Å². The Morgan fingerprint density at radius 2 is 2.26 bits per heavy atom. The molecular formula is C15H17N3S. The van der Waals surface area contributed by atoms with E-state index in [0.29, 0.717) is 0 Å². The summed E-state index contributed by atoms with van der Waals surface area (Å²) in [6.45, 7) is 2.92. The zero-order valence-corrected chi connectivity index (χ0v) is 11.7. The third-order valence-corrected chi connectivity index (χ3v) is 4.03. The van der Waals surface area contributed by atoms with Gasteiger partial charge in [-0.1, -0.05) is 6.07 Å². The van der Waals surface area contributed by atoms with E-state index in [1.54, 1.807) is 11.3 Å². The zero-order chi connectivity index (χ0) is 13.2. The topological polar surface area (TPSA) is 43.8 Å². The highest BCUT2D eigenvalue weighted by atomic mass is 32.1. The Kier molecular flexibility index (Phi) is 3.36. The quantitative estimate of drug-likeness (QED) is 0.792.